The maximum absolute atomic E-state index is 5.66. The summed E-state index contributed by atoms with van der Waals surface area (Å²) < 4.78 is 5.66. The van der Waals surface area contributed by atoms with Gasteiger partial charge in [0, 0.05) is 7.11 Å². The van der Waals surface area contributed by atoms with Crippen molar-refractivity contribution in [3.63, 3.8) is 0 Å². The first-order valence-corrected chi connectivity index (χ1v) is 5.43. The van der Waals surface area contributed by atoms with E-state index in [-0.39, 0.29) is 5.60 Å². The van der Waals surface area contributed by atoms with Crippen molar-refractivity contribution in [2.24, 2.45) is 5.41 Å². The lowest BCUT2D eigenvalue weighted by molar-refractivity contribution is -0.104. The van der Waals surface area contributed by atoms with Crippen LogP contribution in [0.25, 0.3) is 0 Å². The highest BCUT2D eigenvalue weighted by atomic mass is 16.5. The molecule has 13 heavy (non-hydrogen) atoms. The van der Waals surface area contributed by atoms with Crippen LogP contribution in [0.5, 0.6) is 0 Å². The van der Waals surface area contributed by atoms with E-state index in [1.54, 1.807) is 0 Å². The van der Waals surface area contributed by atoms with E-state index in [0.29, 0.717) is 5.41 Å². The molecular weight excluding hydrogens is 160 g/mol. The highest BCUT2D eigenvalue weighted by Gasteiger charge is 2.47. The molecular formula is C12H20O. The zero-order valence-corrected chi connectivity index (χ0v) is 8.81. The van der Waals surface area contributed by atoms with Crippen LogP contribution in [0.15, 0.2) is 12.2 Å². The molecule has 3 fully saturated rings. The molecule has 3 aliphatic carbocycles. The first kappa shape index (κ1) is 9.26. The first-order chi connectivity index (χ1) is 6.24. The summed E-state index contributed by atoms with van der Waals surface area (Å²) in [6.45, 7) is 2.14. The number of hydrogen-bond acceptors (Lipinski definition) is 1. The molecule has 0 saturated heterocycles. The minimum Gasteiger partial charge on any atom is -0.378 e. The average molecular weight is 180 g/mol. The Bertz CT molecular complexity index is 193. The van der Waals surface area contributed by atoms with Gasteiger partial charge in [0.1, 0.15) is 0 Å². The predicted molar refractivity (Wildman–Crippen MR) is 54.7 cm³/mol. The lowest BCUT2D eigenvalue weighted by atomic mass is 9.58. The molecule has 0 aromatic heterocycles. The number of fused-ring (bicyclic) bond motifs is 3. The minimum atomic E-state index is 0.267. The van der Waals surface area contributed by atoms with Crippen LogP contribution >= 0.6 is 0 Å². The lowest BCUT2D eigenvalue weighted by Gasteiger charge is -2.51. The van der Waals surface area contributed by atoms with Crippen molar-refractivity contribution in [1.29, 1.82) is 0 Å². The van der Waals surface area contributed by atoms with E-state index in [1.165, 1.54) is 38.5 Å². The van der Waals surface area contributed by atoms with Gasteiger partial charge in [-0.2, -0.15) is 0 Å². The zero-order valence-electron chi connectivity index (χ0n) is 8.81. The Balaban J connectivity index is 2.11. The second kappa shape index (κ2) is 3.13. The van der Waals surface area contributed by atoms with Gasteiger partial charge < -0.3 is 4.74 Å². The summed E-state index contributed by atoms with van der Waals surface area (Å²) in [6, 6.07) is 0. The summed E-state index contributed by atoms with van der Waals surface area (Å²) in [5.74, 6) is 0. The van der Waals surface area contributed by atoms with Gasteiger partial charge in [-0.1, -0.05) is 12.2 Å². The maximum Gasteiger partial charge on any atom is 0.0679 e. The van der Waals surface area contributed by atoms with Crippen molar-refractivity contribution in [2.45, 2.75) is 51.0 Å². The van der Waals surface area contributed by atoms with Crippen molar-refractivity contribution in [1.82, 2.24) is 0 Å². The Morgan fingerprint density at radius 1 is 1.00 bits per heavy atom. The quantitative estimate of drug-likeness (QED) is 0.592. The third-order valence-electron chi connectivity index (χ3n) is 4.19. The Morgan fingerprint density at radius 3 is 1.92 bits per heavy atom. The maximum atomic E-state index is 5.66. The molecule has 74 valence electrons. The number of allylic oxidation sites excluding steroid dienone is 2. The normalized spacial score (nSPS) is 44.5. The highest BCUT2D eigenvalue weighted by molar-refractivity contribution is 5.09. The first-order valence-electron chi connectivity index (χ1n) is 5.43. The van der Waals surface area contributed by atoms with Crippen LogP contribution in [0.2, 0.25) is 0 Å². The van der Waals surface area contributed by atoms with Gasteiger partial charge in [-0.15, -0.1) is 0 Å². The summed E-state index contributed by atoms with van der Waals surface area (Å²) >= 11 is 0. The van der Waals surface area contributed by atoms with Crippen molar-refractivity contribution in [3.05, 3.63) is 12.2 Å². The van der Waals surface area contributed by atoms with Crippen molar-refractivity contribution in [2.75, 3.05) is 7.11 Å². The van der Waals surface area contributed by atoms with E-state index < -0.39 is 0 Å². The van der Waals surface area contributed by atoms with Gasteiger partial charge in [0.15, 0.2) is 0 Å². The van der Waals surface area contributed by atoms with Crippen molar-refractivity contribution in [3.8, 4) is 0 Å². The second-order valence-corrected chi connectivity index (χ2v) is 4.75. The van der Waals surface area contributed by atoms with Crippen LogP contribution in [0.3, 0.4) is 0 Å². The number of hydrogen-bond donors (Lipinski definition) is 0. The molecule has 1 heteroatoms. The molecule has 0 aromatic carbocycles. The van der Waals surface area contributed by atoms with E-state index in [9.17, 15) is 0 Å². The van der Waals surface area contributed by atoms with E-state index in [2.05, 4.69) is 19.1 Å². The van der Waals surface area contributed by atoms with E-state index in [0.717, 1.165) is 0 Å². The topological polar surface area (TPSA) is 9.23 Å². The summed E-state index contributed by atoms with van der Waals surface area (Å²) in [4.78, 5) is 0. The fourth-order valence-corrected chi connectivity index (χ4v) is 3.09. The largest absolute Gasteiger partial charge is 0.378 e. The fraction of sp³-hybridized carbons (Fsp3) is 0.833. The van der Waals surface area contributed by atoms with Gasteiger partial charge in [-0.3, -0.25) is 0 Å². The molecule has 3 saturated carbocycles. The molecule has 0 atom stereocenters. The average Bonchev–Trinajstić information content (AvgIpc) is 2.21. The van der Waals surface area contributed by atoms with Gasteiger partial charge in [0.05, 0.1) is 5.60 Å². The molecule has 0 spiro atoms. The van der Waals surface area contributed by atoms with E-state index >= 15 is 0 Å². The highest BCUT2D eigenvalue weighted by Crippen LogP contribution is 2.54. The molecule has 0 N–H and O–H groups in total. The molecule has 1 nitrogen and oxygen atoms in total. The van der Waals surface area contributed by atoms with Crippen molar-refractivity contribution >= 4 is 0 Å². The molecule has 0 heterocycles. The number of ether oxygens (including phenoxy) is 1. The van der Waals surface area contributed by atoms with Gasteiger partial charge >= 0.3 is 0 Å². The molecule has 0 aliphatic heterocycles. The van der Waals surface area contributed by atoms with Crippen molar-refractivity contribution < 1.29 is 4.74 Å². The summed E-state index contributed by atoms with van der Waals surface area (Å²) in [5.41, 5.74) is 0.818. The Labute approximate surface area is 81.2 Å². The van der Waals surface area contributed by atoms with Crippen LogP contribution in [0.1, 0.15) is 45.4 Å². The second-order valence-electron chi connectivity index (χ2n) is 4.75. The van der Waals surface area contributed by atoms with Gasteiger partial charge in [0.2, 0.25) is 0 Å². The molecule has 0 amide bonds. The Hall–Kier alpha value is -0.300. The third kappa shape index (κ3) is 1.43. The molecule has 3 aliphatic rings. The van der Waals surface area contributed by atoms with Crippen LogP contribution in [0, 0.1) is 5.41 Å². The molecule has 0 radical (unpaired) electrons. The lowest BCUT2D eigenvalue weighted by Crippen LogP contribution is -2.46. The summed E-state index contributed by atoms with van der Waals surface area (Å²) in [6.07, 6.45) is 12.5. The predicted octanol–water partition coefficient (Wildman–Crippen LogP) is 3.30. The molecule has 2 bridgehead atoms. The fourth-order valence-electron chi connectivity index (χ4n) is 3.09. The number of methoxy groups -OCH3 is 1. The van der Waals surface area contributed by atoms with Crippen LogP contribution in [0.4, 0.5) is 0 Å². The van der Waals surface area contributed by atoms with Crippen LogP contribution in [-0.2, 0) is 4.74 Å². The third-order valence-corrected chi connectivity index (χ3v) is 4.19. The van der Waals surface area contributed by atoms with Gasteiger partial charge in [-0.05, 0) is 50.9 Å². The Morgan fingerprint density at radius 2 is 1.54 bits per heavy atom. The monoisotopic (exact) mass is 180 g/mol. The molecule has 0 unspecified atom stereocenters. The summed E-state index contributed by atoms with van der Waals surface area (Å²) in [5, 5.41) is 0. The number of rotatable bonds is 2. The van der Waals surface area contributed by atoms with Crippen LogP contribution < -0.4 is 0 Å². The zero-order chi connectivity index (χ0) is 9.36. The summed E-state index contributed by atoms with van der Waals surface area (Å²) in [7, 11) is 1.88. The molecule has 0 aromatic rings. The minimum absolute atomic E-state index is 0.267. The van der Waals surface area contributed by atoms with Gasteiger partial charge in [-0.25, -0.2) is 0 Å². The Kier molecular flexibility index (Phi) is 2.23. The molecule has 3 rings (SSSR count). The van der Waals surface area contributed by atoms with Gasteiger partial charge in [0.25, 0.3) is 0 Å². The standard InChI is InChI=1S/C12H20O/c1-3-4-11-5-8-12(13-2,9-6-11)10-7-11/h3-4H,5-10H2,1-2H3. The van der Waals surface area contributed by atoms with Crippen LogP contribution in [-0.4, -0.2) is 12.7 Å². The SMILES string of the molecule is CC=CC12CCC(OC)(CC1)CC2. The van der Waals surface area contributed by atoms with E-state index in [1.807, 2.05) is 7.11 Å². The smallest absolute Gasteiger partial charge is 0.0679 e. The van der Waals surface area contributed by atoms with E-state index in [4.69, 9.17) is 4.74 Å².